The number of aryl methyl sites for hydroxylation is 1. The zero-order valence-electron chi connectivity index (χ0n) is 10.4. The van der Waals surface area contributed by atoms with Crippen molar-refractivity contribution in [1.29, 1.82) is 5.26 Å². The Morgan fingerprint density at radius 1 is 1.44 bits per heavy atom. The lowest BCUT2D eigenvalue weighted by Gasteiger charge is -2.13. The standard InChI is InChI=1S/C13H15NO3S/c1-3-10-4-5-11(17-2)12(8-10)18(15,16)13(9-14)6-7-13/h4-5,8H,3,6-7H2,1-2H3. The van der Waals surface area contributed by atoms with Crippen molar-refractivity contribution in [3.63, 3.8) is 0 Å². The van der Waals surface area contributed by atoms with E-state index in [1.165, 1.54) is 7.11 Å². The summed E-state index contributed by atoms with van der Waals surface area (Å²) >= 11 is 0. The van der Waals surface area contributed by atoms with Crippen molar-refractivity contribution in [3.8, 4) is 11.8 Å². The average Bonchev–Trinajstić information content (AvgIpc) is 3.19. The van der Waals surface area contributed by atoms with Gasteiger partial charge in [-0.1, -0.05) is 13.0 Å². The summed E-state index contributed by atoms with van der Waals surface area (Å²) in [5, 5.41) is 9.07. The van der Waals surface area contributed by atoms with Crippen LogP contribution in [0.5, 0.6) is 5.75 Å². The number of hydrogen-bond acceptors (Lipinski definition) is 4. The summed E-state index contributed by atoms with van der Waals surface area (Å²) in [6.07, 6.45) is 1.56. The Hall–Kier alpha value is -1.54. The highest BCUT2D eigenvalue weighted by atomic mass is 32.2. The Morgan fingerprint density at radius 2 is 2.11 bits per heavy atom. The summed E-state index contributed by atoms with van der Waals surface area (Å²) in [5.41, 5.74) is 0.920. The molecule has 4 nitrogen and oxygen atoms in total. The molecule has 0 N–H and O–H groups in total. The van der Waals surface area contributed by atoms with Gasteiger partial charge in [0.25, 0.3) is 0 Å². The smallest absolute Gasteiger partial charge is 0.201 e. The Kier molecular flexibility index (Phi) is 3.07. The van der Waals surface area contributed by atoms with Crippen LogP contribution >= 0.6 is 0 Å². The lowest BCUT2D eigenvalue weighted by molar-refractivity contribution is 0.402. The van der Waals surface area contributed by atoms with Crippen molar-refractivity contribution in [2.24, 2.45) is 0 Å². The third-order valence-corrected chi connectivity index (χ3v) is 5.77. The van der Waals surface area contributed by atoms with Crippen molar-refractivity contribution in [3.05, 3.63) is 23.8 Å². The summed E-state index contributed by atoms with van der Waals surface area (Å²) in [4.78, 5) is 0.142. The Balaban J connectivity index is 2.60. The van der Waals surface area contributed by atoms with Gasteiger partial charge in [0.05, 0.1) is 13.2 Å². The highest BCUT2D eigenvalue weighted by molar-refractivity contribution is 7.93. The van der Waals surface area contributed by atoms with E-state index in [1.807, 2.05) is 19.1 Å². The van der Waals surface area contributed by atoms with Gasteiger partial charge in [0.15, 0.2) is 4.75 Å². The number of hydrogen-bond donors (Lipinski definition) is 0. The van der Waals surface area contributed by atoms with Gasteiger partial charge in [-0.3, -0.25) is 0 Å². The Labute approximate surface area is 107 Å². The maximum absolute atomic E-state index is 12.5. The van der Waals surface area contributed by atoms with Crippen LogP contribution in [0, 0.1) is 11.3 Å². The van der Waals surface area contributed by atoms with E-state index in [-0.39, 0.29) is 4.90 Å². The largest absolute Gasteiger partial charge is 0.495 e. The molecule has 5 heteroatoms. The predicted molar refractivity (Wildman–Crippen MR) is 67.1 cm³/mol. The lowest BCUT2D eigenvalue weighted by Crippen LogP contribution is -2.22. The van der Waals surface area contributed by atoms with Crippen LogP contribution in [0.3, 0.4) is 0 Å². The second-order valence-electron chi connectivity index (χ2n) is 4.45. The number of benzene rings is 1. The normalized spacial score (nSPS) is 16.9. The molecule has 0 bridgehead atoms. The fraction of sp³-hybridized carbons (Fsp3) is 0.462. The van der Waals surface area contributed by atoms with Crippen LogP contribution in [0.15, 0.2) is 23.1 Å². The first-order chi connectivity index (χ1) is 8.50. The van der Waals surface area contributed by atoms with Gasteiger partial charge in [0.2, 0.25) is 9.84 Å². The van der Waals surface area contributed by atoms with E-state index in [0.717, 1.165) is 12.0 Å². The van der Waals surface area contributed by atoms with E-state index in [1.54, 1.807) is 12.1 Å². The third kappa shape index (κ3) is 1.77. The highest BCUT2D eigenvalue weighted by Crippen LogP contribution is 2.48. The first-order valence-electron chi connectivity index (χ1n) is 5.83. The minimum atomic E-state index is -3.64. The lowest BCUT2D eigenvalue weighted by atomic mass is 10.2. The molecule has 0 radical (unpaired) electrons. The maximum atomic E-state index is 12.5. The number of sulfone groups is 1. The van der Waals surface area contributed by atoms with Crippen LogP contribution in [0.2, 0.25) is 0 Å². The molecule has 0 aromatic heterocycles. The van der Waals surface area contributed by atoms with E-state index < -0.39 is 14.6 Å². The summed E-state index contributed by atoms with van der Waals surface area (Å²) < 4.78 is 28.9. The van der Waals surface area contributed by atoms with Gasteiger partial charge < -0.3 is 4.74 Å². The first-order valence-corrected chi connectivity index (χ1v) is 7.32. The zero-order valence-corrected chi connectivity index (χ0v) is 11.3. The zero-order chi connectivity index (χ0) is 13.4. The number of nitriles is 1. The molecule has 2 rings (SSSR count). The summed E-state index contributed by atoms with van der Waals surface area (Å²) in [6, 6.07) is 7.04. The Bertz CT molecular complexity index is 610. The van der Waals surface area contributed by atoms with Crippen molar-refractivity contribution in [2.45, 2.75) is 35.8 Å². The second-order valence-corrected chi connectivity index (χ2v) is 6.68. The molecule has 0 amide bonds. The Morgan fingerprint density at radius 3 is 2.56 bits per heavy atom. The quantitative estimate of drug-likeness (QED) is 0.836. The molecule has 1 aliphatic carbocycles. The van der Waals surface area contributed by atoms with E-state index in [0.29, 0.717) is 18.6 Å². The molecule has 1 aromatic carbocycles. The molecular weight excluding hydrogens is 250 g/mol. The molecule has 1 fully saturated rings. The number of nitrogens with zero attached hydrogens (tertiary/aromatic N) is 1. The molecule has 0 spiro atoms. The second kappa shape index (κ2) is 4.29. The maximum Gasteiger partial charge on any atom is 0.201 e. The molecule has 0 saturated heterocycles. The summed E-state index contributed by atoms with van der Waals surface area (Å²) in [6.45, 7) is 1.95. The van der Waals surface area contributed by atoms with E-state index in [4.69, 9.17) is 10.00 Å². The summed E-state index contributed by atoms with van der Waals surface area (Å²) in [5.74, 6) is 0.314. The van der Waals surface area contributed by atoms with E-state index >= 15 is 0 Å². The summed E-state index contributed by atoms with van der Waals surface area (Å²) in [7, 11) is -2.20. The van der Waals surface area contributed by atoms with Crippen LogP contribution in [-0.2, 0) is 16.3 Å². The van der Waals surface area contributed by atoms with Gasteiger partial charge in [0, 0.05) is 0 Å². The number of ether oxygens (including phenoxy) is 1. The molecule has 1 saturated carbocycles. The van der Waals surface area contributed by atoms with E-state index in [9.17, 15) is 8.42 Å². The molecule has 0 aliphatic heterocycles. The molecule has 0 unspecified atom stereocenters. The molecule has 1 aliphatic rings. The van der Waals surface area contributed by atoms with Crippen molar-refractivity contribution < 1.29 is 13.2 Å². The molecule has 0 heterocycles. The van der Waals surface area contributed by atoms with Crippen LogP contribution in [-0.4, -0.2) is 20.3 Å². The van der Waals surface area contributed by atoms with Gasteiger partial charge in [-0.05, 0) is 37.0 Å². The first kappa shape index (κ1) is 12.9. The van der Waals surface area contributed by atoms with Crippen molar-refractivity contribution in [1.82, 2.24) is 0 Å². The van der Waals surface area contributed by atoms with Crippen LogP contribution in [0.25, 0.3) is 0 Å². The van der Waals surface area contributed by atoms with Crippen LogP contribution in [0.4, 0.5) is 0 Å². The SMILES string of the molecule is CCc1ccc(OC)c(S(=O)(=O)C2(C#N)CC2)c1. The predicted octanol–water partition coefficient (Wildman–Crippen LogP) is 2.09. The third-order valence-electron chi connectivity index (χ3n) is 3.35. The van der Waals surface area contributed by atoms with Gasteiger partial charge in [0.1, 0.15) is 10.6 Å². The fourth-order valence-corrected chi connectivity index (χ4v) is 3.82. The topological polar surface area (TPSA) is 67.2 Å². The van der Waals surface area contributed by atoms with E-state index in [2.05, 4.69) is 0 Å². The fourth-order valence-electron chi connectivity index (χ4n) is 1.92. The molecule has 96 valence electrons. The molecule has 0 atom stereocenters. The molecule has 18 heavy (non-hydrogen) atoms. The van der Waals surface area contributed by atoms with Gasteiger partial charge in [-0.25, -0.2) is 8.42 Å². The van der Waals surface area contributed by atoms with Crippen molar-refractivity contribution in [2.75, 3.05) is 7.11 Å². The number of rotatable bonds is 4. The van der Waals surface area contributed by atoms with Gasteiger partial charge in [-0.2, -0.15) is 5.26 Å². The minimum absolute atomic E-state index is 0.142. The van der Waals surface area contributed by atoms with Gasteiger partial charge in [-0.15, -0.1) is 0 Å². The minimum Gasteiger partial charge on any atom is -0.495 e. The number of methoxy groups -OCH3 is 1. The van der Waals surface area contributed by atoms with Crippen LogP contribution in [0.1, 0.15) is 25.3 Å². The molecular formula is C13H15NO3S. The van der Waals surface area contributed by atoms with Crippen molar-refractivity contribution >= 4 is 9.84 Å². The monoisotopic (exact) mass is 265 g/mol. The van der Waals surface area contributed by atoms with Gasteiger partial charge >= 0.3 is 0 Å². The average molecular weight is 265 g/mol. The van der Waals surface area contributed by atoms with Crippen LogP contribution < -0.4 is 4.74 Å². The highest BCUT2D eigenvalue weighted by Gasteiger charge is 2.56. The molecule has 1 aromatic rings.